The van der Waals surface area contributed by atoms with Gasteiger partial charge in [0.1, 0.15) is 0 Å². The Morgan fingerprint density at radius 1 is 1.50 bits per heavy atom. The molecule has 60 valence electrons. The van der Waals surface area contributed by atoms with Crippen LogP contribution in [-0.4, -0.2) is 19.5 Å². The van der Waals surface area contributed by atoms with Gasteiger partial charge in [-0.05, 0) is 20.3 Å². The number of rotatable bonds is 6. The van der Waals surface area contributed by atoms with E-state index in [1.807, 2.05) is 19.9 Å². The fourth-order valence-electron chi connectivity index (χ4n) is 0.600. The fraction of sp³-hybridized carbons (Fsp3) is 0.750. The van der Waals surface area contributed by atoms with E-state index in [-0.39, 0.29) is 6.29 Å². The standard InChI is InChI=1S/C8H16O2/c1-4-6-7-10-8(3)9-5-2/h4,8H,1,5-7H2,2-3H3. The first kappa shape index (κ1) is 9.66. The van der Waals surface area contributed by atoms with Gasteiger partial charge in [0.05, 0.1) is 6.61 Å². The molecule has 0 aliphatic heterocycles. The first-order valence-electron chi connectivity index (χ1n) is 3.65. The SMILES string of the molecule is C=CCCOC(C)OCC. The van der Waals surface area contributed by atoms with Crippen molar-refractivity contribution in [2.24, 2.45) is 0 Å². The third kappa shape index (κ3) is 5.79. The second kappa shape index (κ2) is 6.78. The maximum absolute atomic E-state index is 5.23. The van der Waals surface area contributed by atoms with Gasteiger partial charge >= 0.3 is 0 Å². The Morgan fingerprint density at radius 3 is 2.70 bits per heavy atom. The maximum Gasteiger partial charge on any atom is 0.154 e. The Hall–Kier alpha value is -0.340. The number of hydrogen-bond acceptors (Lipinski definition) is 2. The van der Waals surface area contributed by atoms with E-state index in [4.69, 9.17) is 9.47 Å². The van der Waals surface area contributed by atoms with Crippen LogP contribution in [-0.2, 0) is 9.47 Å². The first-order valence-corrected chi connectivity index (χ1v) is 3.65. The molecule has 0 N–H and O–H groups in total. The minimum atomic E-state index is -0.0788. The van der Waals surface area contributed by atoms with Crippen molar-refractivity contribution >= 4 is 0 Å². The van der Waals surface area contributed by atoms with Crippen molar-refractivity contribution in [1.82, 2.24) is 0 Å². The molecule has 0 radical (unpaired) electrons. The van der Waals surface area contributed by atoms with E-state index in [9.17, 15) is 0 Å². The lowest BCUT2D eigenvalue weighted by Gasteiger charge is -2.11. The zero-order valence-corrected chi connectivity index (χ0v) is 6.80. The Bertz CT molecular complexity index is 81.3. The van der Waals surface area contributed by atoms with Gasteiger partial charge in [0.25, 0.3) is 0 Å². The van der Waals surface area contributed by atoms with Crippen LogP contribution in [0, 0.1) is 0 Å². The van der Waals surface area contributed by atoms with E-state index in [1.165, 1.54) is 0 Å². The molecule has 0 aromatic carbocycles. The first-order chi connectivity index (χ1) is 4.81. The van der Waals surface area contributed by atoms with Gasteiger partial charge in [-0.2, -0.15) is 0 Å². The van der Waals surface area contributed by atoms with E-state index < -0.39 is 0 Å². The maximum atomic E-state index is 5.23. The van der Waals surface area contributed by atoms with Crippen molar-refractivity contribution in [2.75, 3.05) is 13.2 Å². The quantitative estimate of drug-likeness (QED) is 0.322. The zero-order valence-electron chi connectivity index (χ0n) is 6.80. The van der Waals surface area contributed by atoms with Crippen molar-refractivity contribution in [3.05, 3.63) is 12.7 Å². The Balaban J connectivity index is 3.04. The summed E-state index contributed by atoms with van der Waals surface area (Å²) in [5, 5.41) is 0. The second-order valence-electron chi connectivity index (χ2n) is 1.97. The molecular weight excluding hydrogens is 128 g/mol. The van der Waals surface area contributed by atoms with Crippen LogP contribution in [0.5, 0.6) is 0 Å². The molecule has 1 unspecified atom stereocenters. The van der Waals surface area contributed by atoms with Gasteiger partial charge in [0.2, 0.25) is 0 Å². The van der Waals surface area contributed by atoms with E-state index in [0.29, 0.717) is 13.2 Å². The lowest BCUT2D eigenvalue weighted by Crippen LogP contribution is -2.12. The summed E-state index contributed by atoms with van der Waals surface area (Å²) in [4.78, 5) is 0. The van der Waals surface area contributed by atoms with Crippen LogP contribution in [0.25, 0.3) is 0 Å². The third-order valence-electron chi connectivity index (χ3n) is 1.08. The van der Waals surface area contributed by atoms with Crippen molar-refractivity contribution in [3.63, 3.8) is 0 Å². The highest BCUT2D eigenvalue weighted by Crippen LogP contribution is 1.94. The molecule has 0 heterocycles. The largest absolute Gasteiger partial charge is 0.353 e. The molecule has 0 aliphatic carbocycles. The molecule has 0 spiro atoms. The second-order valence-corrected chi connectivity index (χ2v) is 1.97. The monoisotopic (exact) mass is 144 g/mol. The van der Waals surface area contributed by atoms with Crippen molar-refractivity contribution < 1.29 is 9.47 Å². The van der Waals surface area contributed by atoms with Gasteiger partial charge in [-0.15, -0.1) is 6.58 Å². The fourth-order valence-corrected chi connectivity index (χ4v) is 0.600. The van der Waals surface area contributed by atoms with Crippen LogP contribution in [0.15, 0.2) is 12.7 Å². The summed E-state index contributed by atoms with van der Waals surface area (Å²) < 4.78 is 10.4. The summed E-state index contributed by atoms with van der Waals surface area (Å²) in [5.74, 6) is 0. The van der Waals surface area contributed by atoms with Gasteiger partial charge in [0.15, 0.2) is 6.29 Å². The average molecular weight is 144 g/mol. The van der Waals surface area contributed by atoms with Crippen LogP contribution in [0.3, 0.4) is 0 Å². The number of ether oxygens (including phenoxy) is 2. The van der Waals surface area contributed by atoms with E-state index in [2.05, 4.69) is 6.58 Å². The normalized spacial score (nSPS) is 13.0. The van der Waals surface area contributed by atoms with E-state index in [1.54, 1.807) is 0 Å². The molecule has 0 amide bonds. The highest BCUT2D eigenvalue weighted by atomic mass is 16.7. The van der Waals surface area contributed by atoms with Gasteiger partial charge in [-0.3, -0.25) is 0 Å². The lowest BCUT2D eigenvalue weighted by molar-refractivity contribution is -0.125. The molecule has 0 aromatic heterocycles. The minimum Gasteiger partial charge on any atom is -0.353 e. The van der Waals surface area contributed by atoms with Gasteiger partial charge in [-0.25, -0.2) is 0 Å². The molecule has 10 heavy (non-hydrogen) atoms. The summed E-state index contributed by atoms with van der Waals surface area (Å²) in [5.41, 5.74) is 0. The summed E-state index contributed by atoms with van der Waals surface area (Å²) in [7, 11) is 0. The molecule has 1 atom stereocenters. The summed E-state index contributed by atoms with van der Waals surface area (Å²) in [6.45, 7) is 8.83. The number of hydrogen-bond donors (Lipinski definition) is 0. The minimum absolute atomic E-state index is 0.0788. The van der Waals surface area contributed by atoms with Crippen molar-refractivity contribution in [2.45, 2.75) is 26.6 Å². The molecule has 0 rings (SSSR count). The summed E-state index contributed by atoms with van der Waals surface area (Å²) >= 11 is 0. The molecule has 0 saturated carbocycles. The smallest absolute Gasteiger partial charge is 0.154 e. The van der Waals surface area contributed by atoms with Gasteiger partial charge in [0, 0.05) is 6.61 Å². The summed E-state index contributed by atoms with van der Waals surface area (Å²) in [6.07, 6.45) is 2.64. The predicted octanol–water partition coefficient (Wildman–Crippen LogP) is 1.96. The highest BCUT2D eigenvalue weighted by Gasteiger charge is 1.96. The molecule has 0 bridgehead atoms. The molecule has 0 aliphatic rings. The predicted molar refractivity (Wildman–Crippen MR) is 41.9 cm³/mol. The van der Waals surface area contributed by atoms with Crippen LogP contribution < -0.4 is 0 Å². The van der Waals surface area contributed by atoms with Crippen LogP contribution >= 0.6 is 0 Å². The molecule has 2 heteroatoms. The Kier molecular flexibility index (Phi) is 6.55. The lowest BCUT2D eigenvalue weighted by atomic mass is 10.4. The Labute approximate surface area is 62.8 Å². The third-order valence-corrected chi connectivity index (χ3v) is 1.08. The van der Waals surface area contributed by atoms with Gasteiger partial charge in [-0.1, -0.05) is 6.08 Å². The average Bonchev–Trinajstić information content (AvgIpc) is 1.89. The molecular formula is C8H16O2. The van der Waals surface area contributed by atoms with Crippen LogP contribution in [0.1, 0.15) is 20.3 Å². The highest BCUT2D eigenvalue weighted by molar-refractivity contribution is 4.64. The molecule has 0 fully saturated rings. The van der Waals surface area contributed by atoms with Gasteiger partial charge < -0.3 is 9.47 Å². The van der Waals surface area contributed by atoms with E-state index >= 15 is 0 Å². The summed E-state index contributed by atoms with van der Waals surface area (Å²) in [6, 6.07) is 0. The molecule has 0 aromatic rings. The molecule has 0 saturated heterocycles. The molecule has 2 nitrogen and oxygen atoms in total. The van der Waals surface area contributed by atoms with Crippen molar-refractivity contribution in [1.29, 1.82) is 0 Å². The zero-order chi connectivity index (χ0) is 7.82. The van der Waals surface area contributed by atoms with E-state index in [0.717, 1.165) is 6.42 Å². The topological polar surface area (TPSA) is 18.5 Å². The van der Waals surface area contributed by atoms with Crippen LogP contribution in [0.4, 0.5) is 0 Å². The Morgan fingerprint density at radius 2 is 2.20 bits per heavy atom. The van der Waals surface area contributed by atoms with Crippen molar-refractivity contribution in [3.8, 4) is 0 Å². The van der Waals surface area contributed by atoms with Crippen LogP contribution in [0.2, 0.25) is 0 Å².